The molecule has 1 aliphatic rings. The van der Waals surface area contributed by atoms with Gasteiger partial charge < -0.3 is 10.1 Å². The number of ether oxygens (including phenoxy) is 1. The molecule has 2 nitrogen and oxygen atoms in total. The van der Waals surface area contributed by atoms with Gasteiger partial charge >= 0.3 is 0 Å². The quantitative estimate of drug-likeness (QED) is 0.673. The lowest BCUT2D eigenvalue weighted by Gasteiger charge is -2.28. The van der Waals surface area contributed by atoms with Crippen molar-refractivity contribution >= 4 is 0 Å². The molecule has 0 amide bonds. The second-order valence-corrected chi connectivity index (χ2v) is 5.40. The van der Waals surface area contributed by atoms with Crippen molar-refractivity contribution in [3.05, 3.63) is 0 Å². The smallest absolute Gasteiger partial charge is 0.0577 e. The van der Waals surface area contributed by atoms with Gasteiger partial charge in [-0.15, -0.1) is 0 Å². The van der Waals surface area contributed by atoms with Crippen LogP contribution < -0.4 is 5.32 Å². The molecule has 0 spiro atoms. The SMILES string of the molecule is CCC1CCCC(OCCCNC(C)C)C1. The van der Waals surface area contributed by atoms with Crippen LogP contribution >= 0.6 is 0 Å². The number of rotatable bonds is 7. The van der Waals surface area contributed by atoms with Crippen molar-refractivity contribution in [3.63, 3.8) is 0 Å². The van der Waals surface area contributed by atoms with E-state index in [1.165, 1.54) is 32.1 Å². The van der Waals surface area contributed by atoms with Gasteiger partial charge in [0.15, 0.2) is 0 Å². The maximum atomic E-state index is 5.96. The fourth-order valence-corrected chi connectivity index (χ4v) is 2.48. The molecule has 96 valence electrons. The minimum atomic E-state index is 0.553. The van der Waals surface area contributed by atoms with Crippen LogP contribution in [0, 0.1) is 5.92 Å². The Kier molecular flexibility index (Phi) is 7.06. The molecule has 1 aliphatic carbocycles. The molecule has 0 heterocycles. The van der Waals surface area contributed by atoms with E-state index in [9.17, 15) is 0 Å². The minimum absolute atomic E-state index is 0.553. The topological polar surface area (TPSA) is 21.3 Å². The first-order chi connectivity index (χ1) is 7.72. The molecule has 0 bridgehead atoms. The molecule has 1 rings (SSSR count). The van der Waals surface area contributed by atoms with Gasteiger partial charge in [-0.2, -0.15) is 0 Å². The van der Waals surface area contributed by atoms with Gasteiger partial charge in [0.25, 0.3) is 0 Å². The largest absolute Gasteiger partial charge is 0.378 e. The van der Waals surface area contributed by atoms with Crippen molar-refractivity contribution in [2.24, 2.45) is 5.92 Å². The fraction of sp³-hybridized carbons (Fsp3) is 1.00. The Morgan fingerprint density at radius 3 is 2.81 bits per heavy atom. The third-order valence-electron chi connectivity index (χ3n) is 3.54. The summed E-state index contributed by atoms with van der Waals surface area (Å²) in [6.07, 6.45) is 8.40. The summed E-state index contributed by atoms with van der Waals surface area (Å²) in [5, 5.41) is 3.42. The molecular formula is C14H29NO. The van der Waals surface area contributed by atoms with E-state index < -0.39 is 0 Å². The van der Waals surface area contributed by atoms with Crippen molar-refractivity contribution in [2.45, 2.75) is 71.4 Å². The molecule has 0 aromatic rings. The van der Waals surface area contributed by atoms with Gasteiger partial charge in [0, 0.05) is 12.6 Å². The summed E-state index contributed by atoms with van der Waals surface area (Å²) >= 11 is 0. The standard InChI is InChI=1S/C14H29NO/c1-4-13-7-5-8-14(11-13)16-10-6-9-15-12(2)3/h12-15H,4-11H2,1-3H3. The van der Waals surface area contributed by atoms with Gasteiger partial charge in [-0.1, -0.05) is 40.0 Å². The summed E-state index contributed by atoms with van der Waals surface area (Å²) in [5.74, 6) is 0.924. The first-order valence-electron chi connectivity index (χ1n) is 7.07. The summed E-state index contributed by atoms with van der Waals surface area (Å²) in [6, 6.07) is 0.596. The predicted molar refractivity (Wildman–Crippen MR) is 69.7 cm³/mol. The van der Waals surface area contributed by atoms with Crippen LogP contribution in [0.5, 0.6) is 0 Å². The highest BCUT2D eigenvalue weighted by Crippen LogP contribution is 2.28. The Morgan fingerprint density at radius 2 is 2.12 bits per heavy atom. The highest BCUT2D eigenvalue weighted by Gasteiger charge is 2.20. The van der Waals surface area contributed by atoms with E-state index in [1.54, 1.807) is 0 Å². The third kappa shape index (κ3) is 5.86. The van der Waals surface area contributed by atoms with Gasteiger partial charge in [0.05, 0.1) is 6.10 Å². The zero-order valence-electron chi connectivity index (χ0n) is 11.3. The molecule has 2 unspecified atom stereocenters. The Bertz CT molecular complexity index is 170. The van der Waals surface area contributed by atoms with Crippen LogP contribution in [0.4, 0.5) is 0 Å². The van der Waals surface area contributed by atoms with E-state index >= 15 is 0 Å². The highest BCUT2D eigenvalue weighted by atomic mass is 16.5. The van der Waals surface area contributed by atoms with Crippen LogP contribution in [0.15, 0.2) is 0 Å². The molecule has 1 N–H and O–H groups in total. The number of nitrogens with one attached hydrogen (secondary N) is 1. The highest BCUT2D eigenvalue weighted by molar-refractivity contribution is 4.72. The first kappa shape index (κ1) is 14.0. The molecule has 1 saturated carbocycles. The lowest BCUT2D eigenvalue weighted by atomic mass is 9.85. The lowest BCUT2D eigenvalue weighted by molar-refractivity contribution is 0.0114. The van der Waals surface area contributed by atoms with Gasteiger partial charge in [-0.3, -0.25) is 0 Å². The second kappa shape index (κ2) is 8.08. The van der Waals surface area contributed by atoms with Gasteiger partial charge in [-0.25, -0.2) is 0 Å². The van der Waals surface area contributed by atoms with Crippen molar-refractivity contribution in [1.29, 1.82) is 0 Å². The van der Waals surface area contributed by atoms with Crippen LogP contribution in [0.2, 0.25) is 0 Å². The molecule has 0 saturated heterocycles. The van der Waals surface area contributed by atoms with Crippen LogP contribution in [0.3, 0.4) is 0 Å². The zero-order valence-corrected chi connectivity index (χ0v) is 11.3. The zero-order chi connectivity index (χ0) is 11.8. The molecule has 0 radical (unpaired) electrons. The van der Waals surface area contributed by atoms with E-state index in [0.717, 1.165) is 25.5 Å². The second-order valence-electron chi connectivity index (χ2n) is 5.40. The molecule has 16 heavy (non-hydrogen) atoms. The van der Waals surface area contributed by atoms with Crippen molar-refractivity contribution in [3.8, 4) is 0 Å². The third-order valence-corrected chi connectivity index (χ3v) is 3.54. The molecule has 2 heteroatoms. The van der Waals surface area contributed by atoms with Crippen LogP contribution in [0.25, 0.3) is 0 Å². The van der Waals surface area contributed by atoms with Crippen LogP contribution in [0.1, 0.15) is 59.3 Å². The summed E-state index contributed by atoms with van der Waals surface area (Å²) in [7, 11) is 0. The number of hydrogen-bond donors (Lipinski definition) is 1. The predicted octanol–water partition coefficient (Wildman–Crippen LogP) is 3.36. The number of hydrogen-bond acceptors (Lipinski definition) is 2. The van der Waals surface area contributed by atoms with E-state index in [4.69, 9.17) is 4.74 Å². The van der Waals surface area contributed by atoms with Crippen LogP contribution in [-0.2, 0) is 4.74 Å². The minimum Gasteiger partial charge on any atom is -0.378 e. The van der Waals surface area contributed by atoms with Gasteiger partial charge in [-0.05, 0) is 31.7 Å². The molecular weight excluding hydrogens is 198 g/mol. The summed E-state index contributed by atoms with van der Waals surface area (Å²) in [4.78, 5) is 0. The lowest BCUT2D eigenvalue weighted by Crippen LogP contribution is -2.26. The van der Waals surface area contributed by atoms with E-state index in [1.807, 2.05) is 0 Å². The summed E-state index contributed by atoms with van der Waals surface area (Å²) in [5.41, 5.74) is 0. The monoisotopic (exact) mass is 227 g/mol. The maximum absolute atomic E-state index is 5.96. The fourth-order valence-electron chi connectivity index (χ4n) is 2.48. The summed E-state index contributed by atoms with van der Waals surface area (Å²) < 4.78 is 5.96. The van der Waals surface area contributed by atoms with Crippen LogP contribution in [-0.4, -0.2) is 25.3 Å². The Hall–Kier alpha value is -0.0800. The molecule has 0 aromatic carbocycles. The average molecular weight is 227 g/mol. The van der Waals surface area contributed by atoms with Gasteiger partial charge in [0.1, 0.15) is 0 Å². The molecule has 0 aromatic heterocycles. The van der Waals surface area contributed by atoms with Crippen molar-refractivity contribution < 1.29 is 4.74 Å². The van der Waals surface area contributed by atoms with Crippen molar-refractivity contribution in [1.82, 2.24) is 5.32 Å². The molecule has 0 aliphatic heterocycles. The Labute approximate surface area is 101 Å². The Morgan fingerprint density at radius 1 is 1.31 bits per heavy atom. The normalized spacial score (nSPS) is 26.2. The Balaban J connectivity index is 1.99. The van der Waals surface area contributed by atoms with Crippen molar-refractivity contribution in [2.75, 3.05) is 13.2 Å². The van der Waals surface area contributed by atoms with E-state index in [0.29, 0.717) is 12.1 Å². The first-order valence-corrected chi connectivity index (χ1v) is 7.07. The van der Waals surface area contributed by atoms with E-state index in [-0.39, 0.29) is 0 Å². The molecule has 2 atom stereocenters. The van der Waals surface area contributed by atoms with E-state index in [2.05, 4.69) is 26.1 Å². The van der Waals surface area contributed by atoms with Gasteiger partial charge in [0.2, 0.25) is 0 Å². The summed E-state index contributed by atoms with van der Waals surface area (Å²) in [6.45, 7) is 8.70. The molecule has 1 fully saturated rings. The average Bonchev–Trinajstić information content (AvgIpc) is 2.28. The maximum Gasteiger partial charge on any atom is 0.0577 e.